The number of rotatable bonds is 4. The number of hydrogen-bond acceptors (Lipinski definition) is 3. The maximum atomic E-state index is 13.3. The van der Waals surface area contributed by atoms with E-state index < -0.39 is 32.3 Å². The van der Waals surface area contributed by atoms with E-state index >= 15 is 0 Å². The summed E-state index contributed by atoms with van der Waals surface area (Å²) in [5.41, 5.74) is 5.33. The average molecular weight is 263 g/mol. The molecule has 0 saturated carbocycles. The topological polar surface area (TPSA) is 77.2 Å². The van der Waals surface area contributed by atoms with Gasteiger partial charge in [-0.25, -0.2) is 8.42 Å². The molecule has 1 amide bonds. The van der Waals surface area contributed by atoms with Crippen molar-refractivity contribution in [2.24, 2.45) is 5.73 Å². The minimum Gasteiger partial charge on any atom is -0.369 e. The van der Waals surface area contributed by atoms with E-state index in [1.54, 1.807) is 6.92 Å². The summed E-state index contributed by atoms with van der Waals surface area (Å²) in [6.07, 6.45) is -1.52. The van der Waals surface area contributed by atoms with Gasteiger partial charge in [0.25, 0.3) is 0 Å². The van der Waals surface area contributed by atoms with Gasteiger partial charge in [-0.15, -0.1) is 0 Å². The Balaban J connectivity index is 3.19. The van der Waals surface area contributed by atoms with Crippen LogP contribution in [-0.2, 0) is 14.6 Å². The highest BCUT2D eigenvalue weighted by molar-refractivity contribution is 7.92. The molecule has 0 aromatic heterocycles. The van der Waals surface area contributed by atoms with Gasteiger partial charge < -0.3 is 5.73 Å². The highest BCUT2D eigenvalue weighted by atomic mass is 32.2. The van der Waals surface area contributed by atoms with Gasteiger partial charge in [0.2, 0.25) is 15.7 Å². The number of amides is 1. The third-order valence-corrected chi connectivity index (χ3v) is 3.93. The van der Waals surface area contributed by atoms with Gasteiger partial charge in [0.15, 0.2) is 0 Å². The molecule has 0 bridgehead atoms. The summed E-state index contributed by atoms with van der Waals surface area (Å²) < 4.78 is 49.8. The molecule has 0 atom stereocenters. The zero-order chi connectivity index (χ0) is 13.3. The number of hydrogen-bond donors (Lipinski definition) is 1. The van der Waals surface area contributed by atoms with E-state index in [0.29, 0.717) is 0 Å². The first-order valence-corrected chi connectivity index (χ1v) is 6.12. The summed E-state index contributed by atoms with van der Waals surface area (Å²) in [6.45, 7) is 1.69. The minimum atomic E-state index is -4.88. The molecule has 0 aliphatic rings. The quantitative estimate of drug-likeness (QED) is 0.887. The summed E-state index contributed by atoms with van der Waals surface area (Å²) in [4.78, 5) is 9.89. The highest BCUT2D eigenvalue weighted by Crippen LogP contribution is 2.31. The second kappa shape index (κ2) is 4.40. The molecule has 2 N–H and O–H groups in total. The Labute approximate surface area is 97.3 Å². The lowest BCUT2D eigenvalue weighted by molar-refractivity contribution is -0.121. The number of nitrogens with two attached hydrogens (primary N) is 1. The van der Waals surface area contributed by atoms with E-state index in [9.17, 15) is 22.0 Å². The van der Waals surface area contributed by atoms with Crippen LogP contribution in [0.3, 0.4) is 0 Å². The molecule has 1 aromatic rings. The fourth-order valence-electron chi connectivity index (χ4n) is 1.19. The fourth-order valence-corrected chi connectivity index (χ4v) is 2.36. The first kappa shape index (κ1) is 13.6. The van der Waals surface area contributed by atoms with E-state index in [2.05, 4.69) is 5.73 Å². The molecule has 1 aromatic carbocycles. The molecule has 1 rings (SSSR count). The van der Waals surface area contributed by atoms with Gasteiger partial charge in [-0.3, -0.25) is 4.79 Å². The third-order valence-electron chi connectivity index (χ3n) is 2.10. The Bertz CT molecular complexity index is 523. The van der Waals surface area contributed by atoms with Crippen molar-refractivity contribution in [3.63, 3.8) is 0 Å². The van der Waals surface area contributed by atoms with Crippen LogP contribution in [0.2, 0.25) is 0 Å². The minimum absolute atomic E-state index is 0.533. The Kier molecular flexibility index (Phi) is 3.51. The van der Waals surface area contributed by atoms with Crippen LogP contribution in [0.1, 0.15) is 12.0 Å². The molecule has 0 heterocycles. The van der Waals surface area contributed by atoms with Crippen LogP contribution in [0.25, 0.3) is 0 Å². The van der Waals surface area contributed by atoms with Gasteiger partial charge in [0.05, 0.1) is 4.90 Å². The molecule has 94 valence electrons. The lowest BCUT2D eigenvalue weighted by Gasteiger charge is -2.15. The van der Waals surface area contributed by atoms with Crippen molar-refractivity contribution in [2.75, 3.05) is 0 Å². The number of benzene rings is 1. The van der Waals surface area contributed by atoms with E-state index in [1.165, 1.54) is 12.1 Å². The van der Waals surface area contributed by atoms with E-state index in [0.717, 1.165) is 17.7 Å². The molecule has 0 unspecified atom stereocenters. The largest absolute Gasteiger partial charge is 0.369 e. The molecule has 0 spiro atoms. The van der Waals surface area contributed by atoms with Crippen molar-refractivity contribution >= 4 is 15.7 Å². The maximum Gasteiger partial charge on any atom is 0.358 e. The Morgan fingerprint density at radius 1 is 1.29 bits per heavy atom. The lowest BCUT2D eigenvalue weighted by Crippen LogP contribution is -2.34. The van der Waals surface area contributed by atoms with E-state index in [-0.39, 0.29) is 0 Å². The number of alkyl halides is 2. The lowest BCUT2D eigenvalue weighted by atomic mass is 10.2. The number of sulfone groups is 1. The Morgan fingerprint density at radius 3 is 2.18 bits per heavy atom. The zero-order valence-corrected chi connectivity index (χ0v) is 9.80. The van der Waals surface area contributed by atoms with E-state index in [1.807, 2.05) is 0 Å². The van der Waals surface area contributed by atoms with Gasteiger partial charge in [0.1, 0.15) is 6.42 Å². The molecule has 7 heteroatoms. The maximum absolute atomic E-state index is 13.3. The summed E-state index contributed by atoms with van der Waals surface area (Å²) >= 11 is 0. The first-order chi connectivity index (χ1) is 7.67. The van der Waals surface area contributed by atoms with Crippen molar-refractivity contribution in [1.82, 2.24) is 0 Å². The molecular formula is C10H11F2NO3S. The zero-order valence-electron chi connectivity index (χ0n) is 8.98. The number of carbonyl (C=O) groups is 1. The third kappa shape index (κ3) is 2.79. The van der Waals surface area contributed by atoms with Crippen LogP contribution in [0.4, 0.5) is 8.78 Å². The summed E-state index contributed by atoms with van der Waals surface area (Å²) in [5.74, 6) is -1.37. The van der Waals surface area contributed by atoms with Crippen LogP contribution in [0, 0.1) is 6.92 Å². The molecular weight excluding hydrogens is 252 g/mol. The molecule has 0 aliphatic heterocycles. The van der Waals surface area contributed by atoms with Crippen LogP contribution in [-0.4, -0.2) is 19.6 Å². The second-order valence-corrected chi connectivity index (χ2v) is 5.67. The summed E-state index contributed by atoms with van der Waals surface area (Å²) in [6, 6.07) is 4.93. The molecule has 0 radical (unpaired) electrons. The normalized spacial score (nSPS) is 12.4. The Hall–Kier alpha value is -1.50. The molecule has 0 aliphatic carbocycles. The fraction of sp³-hybridized carbons (Fsp3) is 0.300. The Morgan fingerprint density at radius 2 is 1.76 bits per heavy atom. The molecule has 0 fully saturated rings. The van der Waals surface area contributed by atoms with Crippen LogP contribution >= 0.6 is 0 Å². The van der Waals surface area contributed by atoms with Gasteiger partial charge in [-0.1, -0.05) is 17.7 Å². The standard InChI is InChI=1S/C10H11F2NO3S/c1-7-2-4-8(5-3-7)17(15,16)10(11,12)6-9(13)14/h2-5H,6H2,1H3,(H2,13,14). The van der Waals surface area contributed by atoms with Gasteiger partial charge in [-0.05, 0) is 19.1 Å². The van der Waals surface area contributed by atoms with Crippen molar-refractivity contribution in [3.8, 4) is 0 Å². The highest BCUT2D eigenvalue weighted by Gasteiger charge is 2.47. The van der Waals surface area contributed by atoms with Crippen molar-refractivity contribution in [2.45, 2.75) is 23.5 Å². The number of carbonyl (C=O) groups excluding carboxylic acids is 1. The number of aryl methyl sites for hydroxylation is 1. The van der Waals surface area contributed by atoms with Gasteiger partial charge in [-0.2, -0.15) is 8.78 Å². The van der Waals surface area contributed by atoms with Crippen molar-refractivity contribution in [3.05, 3.63) is 29.8 Å². The van der Waals surface area contributed by atoms with Crippen LogP contribution in [0.5, 0.6) is 0 Å². The van der Waals surface area contributed by atoms with Crippen LogP contribution < -0.4 is 5.73 Å². The van der Waals surface area contributed by atoms with E-state index in [4.69, 9.17) is 0 Å². The number of primary amides is 1. The molecule has 0 saturated heterocycles. The average Bonchev–Trinajstić information content (AvgIpc) is 2.16. The SMILES string of the molecule is Cc1ccc(S(=O)(=O)C(F)(F)CC(N)=O)cc1. The molecule has 17 heavy (non-hydrogen) atoms. The predicted molar refractivity (Wildman–Crippen MR) is 57.1 cm³/mol. The van der Waals surface area contributed by atoms with Crippen molar-refractivity contribution in [1.29, 1.82) is 0 Å². The van der Waals surface area contributed by atoms with Crippen LogP contribution in [0.15, 0.2) is 29.2 Å². The predicted octanol–water partition coefficient (Wildman–Crippen LogP) is 1.24. The summed E-state index contributed by atoms with van der Waals surface area (Å²) in [7, 11) is -4.88. The van der Waals surface area contributed by atoms with Gasteiger partial charge >= 0.3 is 5.25 Å². The second-order valence-electron chi connectivity index (χ2n) is 3.60. The van der Waals surface area contributed by atoms with Crippen molar-refractivity contribution < 1.29 is 22.0 Å². The number of halogens is 2. The smallest absolute Gasteiger partial charge is 0.358 e. The van der Waals surface area contributed by atoms with Gasteiger partial charge in [0, 0.05) is 0 Å². The summed E-state index contributed by atoms with van der Waals surface area (Å²) in [5, 5.41) is -4.19. The molecule has 4 nitrogen and oxygen atoms in total. The first-order valence-electron chi connectivity index (χ1n) is 4.64. The monoisotopic (exact) mass is 263 g/mol.